The van der Waals surface area contributed by atoms with Crippen molar-refractivity contribution in [3.8, 4) is 0 Å². The van der Waals surface area contributed by atoms with Crippen molar-refractivity contribution >= 4 is 39.1 Å². The van der Waals surface area contributed by atoms with Crippen molar-refractivity contribution in [1.82, 2.24) is 5.01 Å². The Morgan fingerprint density at radius 3 is 2.50 bits per heavy atom. The SMILES string of the molecule is CN1C(CBr)C(Cl)C(=O)N1c1ccccc1. The normalized spacial score (nSPS) is 26.4. The van der Waals surface area contributed by atoms with E-state index in [9.17, 15) is 4.79 Å². The standard InChI is InChI=1S/C11H12BrClN2O/c1-14-9(7-12)10(13)11(16)15(14)8-5-3-2-4-6-8/h2-6,9-10H,7H2,1H3. The second-order valence-electron chi connectivity index (χ2n) is 3.68. The topological polar surface area (TPSA) is 23.6 Å². The first kappa shape index (κ1) is 11.9. The van der Waals surface area contributed by atoms with Crippen LogP contribution >= 0.6 is 27.5 Å². The molecule has 5 heteroatoms. The van der Waals surface area contributed by atoms with Crippen LogP contribution in [-0.4, -0.2) is 34.7 Å². The van der Waals surface area contributed by atoms with Crippen molar-refractivity contribution in [3.63, 3.8) is 0 Å². The van der Waals surface area contributed by atoms with Crippen LogP contribution in [-0.2, 0) is 4.79 Å². The van der Waals surface area contributed by atoms with Crippen molar-refractivity contribution in [2.24, 2.45) is 0 Å². The fourth-order valence-corrected chi connectivity index (χ4v) is 3.18. The highest BCUT2D eigenvalue weighted by atomic mass is 79.9. The Kier molecular flexibility index (Phi) is 3.52. The first-order chi connectivity index (χ1) is 7.66. The van der Waals surface area contributed by atoms with E-state index < -0.39 is 5.38 Å². The maximum absolute atomic E-state index is 12.0. The molecular formula is C11H12BrClN2O. The van der Waals surface area contributed by atoms with Gasteiger partial charge in [-0.2, -0.15) is 0 Å². The molecule has 2 rings (SSSR count). The average Bonchev–Trinajstić information content (AvgIpc) is 2.51. The molecule has 1 aromatic carbocycles. The summed E-state index contributed by atoms with van der Waals surface area (Å²) in [5.74, 6) is -0.0696. The van der Waals surface area contributed by atoms with Gasteiger partial charge >= 0.3 is 0 Å². The molecule has 0 saturated carbocycles. The molecule has 1 amide bonds. The minimum atomic E-state index is -0.496. The Labute approximate surface area is 108 Å². The fourth-order valence-electron chi connectivity index (χ4n) is 1.83. The van der Waals surface area contributed by atoms with E-state index in [0.29, 0.717) is 5.33 Å². The van der Waals surface area contributed by atoms with E-state index in [4.69, 9.17) is 11.6 Å². The third-order valence-electron chi connectivity index (χ3n) is 2.74. The molecule has 0 spiro atoms. The summed E-state index contributed by atoms with van der Waals surface area (Å²) in [5, 5.41) is 3.69. The number of halogens is 2. The number of rotatable bonds is 2. The van der Waals surface area contributed by atoms with Gasteiger partial charge < -0.3 is 0 Å². The van der Waals surface area contributed by atoms with Gasteiger partial charge in [0, 0.05) is 12.4 Å². The number of para-hydroxylation sites is 1. The Morgan fingerprint density at radius 1 is 1.38 bits per heavy atom. The number of carbonyl (C=O) groups is 1. The minimum absolute atomic E-state index is 0.00521. The molecule has 0 aliphatic carbocycles. The van der Waals surface area contributed by atoms with E-state index in [-0.39, 0.29) is 11.9 Å². The fraction of sp³-hybridized carbons (Fsp3) is 0.364. The number of alkyl halides is 2. The van der Waals surface area contributed by atoms with Gasteiger partial charge in [0.1, 0.15) is 5.38 Å². The largest absolute Gasteiger partial charge is 0.271 e. The first-order valence-corrected chi connectivity index (χ1v) is 6.54. The van der Waals surface area contributed by atoms with Gasteiger partial charge in [-0.05, 0) is 12.1 Å². The monoisotopic (exact) mass is 302 g/mol. The van der Waals surface area contributed by atoms with Gasteiger partial charge in [0.05, 0.1) is 11.7 Å². The predicted octanol–water partition coefficient (Wildman–Crippen LogP) is 2.25. The lowest BCUT2D eigenvalue weighted by Gasteiger charge is -2.27. The van der Waals surface area contributed by atoms with Crippen molar-refractivity contribution in [2.75, 3.05) is 17.4 Å². The molecule has 2 unspecified atom stereocenters. The summed E-state index contributed by atoms with van der Waals surface area (Å²) >= 11 is 9.48. The van der Waals surface area contributed by atoms with E-state index in [2.05, 4.69) is 15.9 Å². The highest BCUT2D eigenvalue weighted by Gasteiger charge is 2.43. The average molecular weight is 304 g/mol. The van der Waals surface area contributed by atoms with Gasteiger partial charge in [-0.15, -0.1) is 11.6 Å². The third kappa shape index (κ3) is 1.85. The second kappa shape index (κ2) is 4.73. The summed E-state index contributed by atoms with van der Waals surface area (Å²) in [6, 6.07) is 9.52. The summed E-state index contributed by atoms with van der Waals surface area (Å²) in [5.41, 5.74) is 0.851. The van der Waals surface area contributed by atoms with Crippen LogP contribution in [0.1, 0.15) is 0 Å². The number of nitrogens with zero attached hydrogens (tertiary/aromatic N) is 2. The Hall–Kier alpha value is -0.580. The number of amides is 1. The molecule has 1 aliphatic heterocycles. The molecule has 16 heavy (non-hydrogen) atoms. The Morgan fingerprint density at radius 2 is 2.00 bits per heavy atom. The van der Waals surface area contributed by atoms with Crippen LogP contribution in [0.4, 0.5) is 5.69 Å². The number of benzene rings is 1. The van der Waals surface area contributed by atoms with Gasteiger partial charge in [0.2, 0.25) is 0 Å². The zero-order valence-electron chi connectivity index (χ0n) is 8.81. The summed E-state index contributed by atoms with van der Waals surface area (Å²) in [7, 11) is 1.87. The molecule has 1 heterocycles. The van der Waals surface area contributed by atoms with Crippen LogP contribution in [0.2, 0.25) is 0 Å². The molecule has 0 radical (unpaired) electrons. The van der Waals surface area contributed by atoms with E-state index in [1.54, 1.807) is 5.01 Å². The molecule has 0 bridgehead atoms. The molecule has 1 fully saturated rings. The number of carbonyl (C=O) groups excluding carboxylic acids is 1. The maximum atomic E-state index is 12.0. The molecule has 0 N–H and O–H groups in total. The van der Waals surface area contributed by atoms with Crippen LogP contribution in [0.15, 0.2) is 30.3 Å². The molecule has 86 valence electrons. The Bertz CT molecular complexity index is 387. The van der Waals surface area contributed by atoms with Gasteiger partial charge in [-0.25, -0.2) is 10.0 Å². The van der Waals surface area contributed by atoms with E-state index in [1.807, 2.05) is 42.4 Å². The highest BCUT2D eigenvalue weighted by Crippen LogP contribution is 2.29. The van der Waals surface area contributed by atoms with Crippen molar-refractivity contribution in [1.29, 1.82) is 0 Å². The molecule has 3 nitrogen and oxygen atoms in total. The van der Waals surface area contributed by atoms with Crippen molar-refractivity contribution in [2.45, 2.75) is 11.4 Å². The Balaban J connectivity index is 2.33. The van der Waals surface area contributed by atoms with Gasteiger partial charge in [-0.3, -0.25) is 4.79 Å². The molecule has 1 aliphatic rings. The molecule has 1 aromatic rings. The summed E-state index contributed by atoms with van der Waals surface area (Å²) in [6.45, 7) is 0. The quantitative estimate of drug-likeness (QED) is 0.783. The predicted molar refractivity (Wildman–Crippen MR) is 68.9 cm³/mol. The zero-order valence-corrected chi connectivity index (χ0v) is 11.1. The van der Waals surface area contributed by atoms with Crippen LogP contribution in [0.5, 0.6) is 0 Å². The summed E-state index contributed by atoms with van der Waals surface area (Å²) in [6.07, 6.45) is 0. The van der Waals surface area contributed by atoms with Crippen LogP contribution < -0.4 is 5.01 Å². The highest BCUT2D eigenvalue weighted by molar-refractivity contribution is 9.09. The van der Waals surface area contributed by atoms with Gasteiger partial charge in [0.25, 0.3) is 5.91 Å². The molecular weight excluding hydrogens is 291 g/mol. The smallest absolute Gasteiger partial charge is 0.261 e. The number of hydrogen-bond donors (Lipinski definition) is 0. The zero-order chi connectivity index (χ0) is 11.7. The van der Waals surface area contributed by atoms with Gasteiger partial charge in [0.15, 0.2) is 0 Å². The van der Waals surface area contributed by atoms with E-state index in [1.165, 1.54) is 0 Å². The van der Waals surface area contributed by atoms with Crippen molar-refractivity contribution < 1.29 is 4.79 Å². The van der Waals surface area contributed by atoms with Crippen LogP contribution in [0, 0.1) is 0 Å². The first-order valence-electron chi connectivity index (χ1n) is 4.98. The maximum Gasteiger partial charge on any atom is 0.261 e. The van der Waals surface area contributed by atoms with Crippen LogP contribution in [0.25, 0.3) is 0 Å². The minimum Gasteiger partial charge on any atom is -0.271 e. The molecule has 1 saturated heterocycles. The lowest BCUT2D eigenvalue weighted by molar-refractivity contribution is -0.117. The van der Waals surface area contributed by atoms with E-state index in [0.717, 1.165) is 5.69 Å². The number of anilines is 1. The second-order valence-corrected chi connectivity index (χ2v) is 4.80. The summed E-state index contributed by atoms with van der Waals surface area (Å²) < 4.78 is 0. The third-order valence-corrected chi connectivity index (χ3v) is 3.88. The van der Waals surface area contributed by atoms with Gasteiger partial charge in [-0.1, -0.05) is 34.1 Å². The lowest BCUT2D eigenvalue weighted by atomic mass is 10.2. The number of hydrogen-bond acceptors (Lipinski definition) is 2. The number of hydrazine groups is 1. The van der Waals surface area contributed by atoms with Crippen LogP contribution in [0.3, 0.4) is 0 Å². The van der Waals surface area contributed by atoms with Crippen molar-refractivity contribution in [3.05, 3.63) is 30.3 Å². The molecule has 2 atom stereocenters. The lowest BCUT2D eigenvalue weighted by Crippen LogP contribution is -2.40. The van der Waals surface area contributed by atoms with E-state index >= 15 is 0 Å². The summed E-state index contributed by atoms with van der Waals surface area (Å²) in [4.78, 5) is 12.0. The molecule has 0 aromatic heterocycles.